The number of hydrogen-bond acceptors (Lipinski definition) is 3. The molecular weight excluding hydrogens is 238 g/mol. The van der Waals surface area contributed by atoms with Crippen molar-refractivity contribution in [2.45, 2.75) is 57.5 Å². The van der Waals surface area contributed by atoms with Gasteiger partial charge in [0.2, 0.25) is 5.91 Å². The molecule has 1 amide bonds. The first-order chi connectivity index (χ1) is 9.17. The van der Waals surface area contributed by atoms with Gasteiger partial charge in [-0.15, -0.1) is 0 Å². The molecular formula is C15H29N3O. The minimum atomic E-state index is 0.0723. The lowest BCUT2D eigenvalue weighted by Gasteiger charge is -2.46. The summed E-state index contributed by atoms with van der Waals surface area (Å²) in [7, 11) is 1.75. The Labute approximate surface area is 117 Å². The summed E-state index contributed by atoms with van der Waals surface area (Å²) >= 11 is 0. The van der Waals surface area contributed by atoms with Crippen LogP contribution in [0.2, 0.25) is 0 Å². The highest BCUT2D eigenvalue weighted by molar-refractivity contribution is 5.81. The van der Waals surface area contributed by atoms with Crippen molar-refractivity contribution >= 4 is 5.91 Å². The fraction of sp³-hybridized carbons (Fsp3) is 0.933. The second-order valence-electron chi connectivity index (χ2n) is 6.35. The van der Waals surface area contributed by atoms with Crippen LogP contribution in [0.15, 0.2) is 0 Å². The molecule has 0 radical (unpaired) electrons. The van der Waals surface area contributed by atoms with Crippen LogP contribution in [0.5, 0.6) is 0 Å². The molecule has 0 aromatic carbocycles. The summed E-state index contributed by atoms with van der Waals surface area (Å²) in [4.78, 5) is 14.6. The standard InChI is InChI=1S/C15H29N3O/c1-11-6-7-12(10-16)14(9-11)18-8-4-3-5-13(18)15(19)17-2/h11-14H,3-10,16H2,1-2H3,(H,17,19). The van der Waals surface area contributed by atoms with Gasteiger partial charge in [0.25, 0.3) is 0 Å². The van der Waals surface area contributed by atoms with E-state index in [1.807, 2.05) is 0 Å². The molecule has 1 aliphatic heterocycles. The van der Waals surface area contributed by atoms with Crippen molar-refractivity contribution in [1.29, 1.82) is 0 Å². The van der Waals surface area contributed by atoms with Crippen LogP contribution in [0, 0.1) is 11.8 Å². The summed E-state index contributed by atoms with van der Waals surface area (Å²) in [6, 6.07) is 0.583. The normalized spacial score (nSPS) is 37.0. The Morgan fingerprint density at radius 1 is 1.32 bits per heavy atom. The van der Waals surface area contributed by atoms with Crippen LogP contribution in [0.1, 0.15) is 45.4 Å². The molecule has 1 aliphatic carbocycles. The zero-order chi connectivity index (χ0) is 13.8. The monoisotopic (exact) mass is 267 g/mol. The van der Waals surface area contributed by atoms with Gasteiger partial charge in [0.1, 0.15) is 0 Å². The van der Waals surface area contributed by atoms with Gasteiger partial charge in [-0.2, -0.15) is 0 Å². The quantitative estimate of drug-likeness (QED) is 0.811. The Morgan fingerprint density at radius 3 is 2.79 bits per heavy atom. The summed E-state index contributed by atoms with van der Waals surface area (Å²) in [5.74, 6) is 1.52. The second kappa shape index (κ2) is 6.71. The summed E-state index contributed by atoms with van der Waals surface area (Å²) < 4.78 is 0. The second-order valence-corrected chi connectivity index (χ2v) is 6.35. The average Bonchev–Trinajstić information content (AvgIpc) is 2.46. The van der Waals surface area contributed by atoms with Gasteiger partial charge in [0.05, 0.1) is 6.04 Å². The van der Waals surface area contributed by atoms with Crippen molar-refractivity contribution in [1.82, 2.24) is 10.2 Å². The van der Waals surface area contributed by atoms with Crippen LogP contribution in [0.25, 0.3) is 0 Å². The van der Waals surface area contributed by atoms with Gasteiger partial charge in [-0.05, 0) is 50.6 Å². The van der Waals surface area contributed by atoms with Gasteiger partial charge in [0, 0.05) is 13.1 Å². The van der Waals surface area contributed by atoms with E-state index in [0.29, 0.717) is 12.0 Å². The minimum Gasteiger partial charge on any atom is -0.358 e. The largest absolute Gasteiger partial charge is 0.358 e. The maximum absolute atomic E-state index is 12.1. The van der Waals surface area contributed by atoms with E-state index in [1.54, 1.807) is 7.05 Å². The number of carbonyl (C=O) groups excluding carboxylic acids is 1. The first-order valence-corrected chi connectivity index (χ1v) is 7.84. The van der Waals surface area contributed by atoms with E-state index in [-0.39, 0.29) is 11.9 Å². The number of amides is 1. The molecule has 19 heavy (non-hydrogen) atoms. The summed E-state index contributed by atoms with van der Waals surface area (Å²) in [5, 5.41) is 2.84. The van der Waals surface area contributed by atoms with Crippen LogP contribution in [0.4, 0.5) is 0 Å². The van der Waals surface area contributed by atoms with E-state index in [1.165, 1.54) is 32.1 Å². The first-order valence-electron chi connectivity index (χ1n) is 7.84. The highest BCUT2D eigenvalue weighted by atomic mass is 16.2. The zero-order valence-corrected chi connectivity index (χ0v) is 12.4. The molecule has 0 spiro atoms. The molecule has 4 nitrogen and oxygen atoms in total. The molecule has 2 rings (SSSR count). The first kappa shape index (κ1) is 14.8. The molecule has 3 N–H and O–H groups in total. The van der Waals surface area contributed by atoms with Crippen molar-refractivity contribution in [3.05, 3.63) is 0 Å². The third-order valence-corrected chi connectivity index (χ3v) is 5.04. The Kier molecular flexibility index (Phi) is 5.22. The maximum Gasteiger partial charge on any atom is 0.237 e. The van der Waals surface area contributed by atoms with E-state index in [4.69, 9.17) is 5.73 Å². The van der Waals surface area contributed by atoms with E-state index in [2.05, 4.69) is 17.1 Å². The minimum absolute atomic E-state index is 0.0723. The fourth-order valence-electron chi connectivity index (χ4n) is 3.89. The molecule has 2 fully saturated rings. The van der Waals surface area contributed by atoms with Gasteiger partial charge in [-0.1, -0.05) is 19.8 Å². The van der Waals surface area contributed by atoms with Gasteiger partial charge in [0.15, 0.2) is 0 Å². The summed E-state index contributed by atoms with van der Waals surface area (Å²) in [6.45, 7) is 4.15. The van der Waals surface area contributed by atoms with E-state index < -0.39 is 0 Å². The Bertz CT molecular complexity index is 308. The van der Waals surface area contributed by atoms with Crippen molar-refractivity contribution < 1.29 is 4.79 Å². The van der Waals surface area contributed by atoms with Crippen molar-refractivity contribution in [2.75, 3.05) is 20.1 Å². The van der Waals surface area contributed by atoms with E-state index in [0.717, 1.165) is 25.4 Å². The van der Waals surface area contributed by atoms with Gasteiger partial charge >= 0.3 is 0 Å². The molecule has 110 valence electrons. The molecule has 4 atom stereocenters. The average molecular weight is 267 g/mol. The number of likely N-dealkylation sites (N-methyl/N-ethyl adjacent to an activating group) is 1. The SMILES string of the molecule is CNC(=O)C1CCCCN1C1CC(C)CCC1CN. The lowest BCUT2D eigenvalue weighted by molar-refractivity contribution is -0.129. The highest BCUT2D eigenvalue weighted by Gasteiger charge is 2.38. The van der Waals surface area contributed by atoms with Gasteiger partial charge in [-0.25, -0.2) is 0 Å². The Balaban J connectivity index is 2.12. The lowest BCUT2D eigenvalue weighted by Crippen LogP contribution is -2.57. The molecule has 0 aromatic rings. The van der Waals surface area contributed by atoms with E-state index >= 15 is 0 Å². The highest BCUT2D eigenvalue weighted by Crippen LogP contribution is 2.34. The third-order valence-electron chi connectivity index (χ3n) is 5.04. The van der Waals surface area contributed by atoms with Crippen LogP contribution in [0.3, 0.4) is 0 Å². The van der Waals surface area contributed by atoms with Gasteiger partial charge in [-0.3, -0.25) is 9.69 Å². The number of nitrogens with zero attached hydrogens (tertiary/aromatic N) is 1. The van der Waals surface area contributed by atoms with Crippen molar-refractivity contribution in [2.24, 2.45) is 17.6 Å². The predicted molar refractivity (Wildman–Crippen MR) is 77.8 cm³/mol. The zero-order valence-electron chi connectivity index (χ0n) is 12.4. The maximum atomic E-state index is 12.1. The summed E-state index contributed by atoms with van der Waals surface area (Å²) in [5.41, 5.74) is 5.97. The molecule has 1 heterocycles. The molecule has 0 bridgehead atoms. The fourth-order valence-corrected chi connectivity index (χ4v) is 3.89. The third kappa shape index (κ3) is 3.29. The Morgan fingerprint density at radius 2 is 2.11 bits per heavy atom. The number of nitrogens with two attached hydrogens (primary N) is 1. The van der Waals surface area contributed by atoms with Gasteiger partial charge < -0.3 is 11.1 Å². The van der Waals surface area contributed by atoms with Crippen LogP contribution in [-0.4, -0.2) is 43.0 Å². The number of carbonyl (C=O) groups is 1. The molecule has 1 saturated carbocycles. The number of likely N-dealkylation sites (tertiary alicyclic amines) is 1. The predicted octanol–water partition coefficient (Wildman–Crippen LogP) is 1.35. The molecule has 1 saturated heterocycles. The van der Waals surface area contributed by atoms with E-state index in [9.17, 15) is 4.79 Å². The van der Waals surface area contributed by atoms with Crippen LogP contribution >= 0.6 is 0 Å². The molecule has 4 unspecified atom stereocenters. The molecule has 0 aromatic heterocycles. The molecule has 4 heteroatoms. The number of rotatable bonds is 3. The topological polar surface area (TPSA) is 58.4 Å². The molecule has 2 aliphatic rings. The van der Waals surface area contributed by atoms with Crippen molar-refractivity contribution in [3.63, 3.8) is 0 Å². The number of piperidine rings is 1. The lowest BCUT2D eigenvalue weighted by atomic mass is 9.77. The van der Waals surface area contributed by atoms with Crippen LogP contribution < -0.4 is 11.1 Å². The smallest absolute Gasteiger partial charge is 0.237 e. The summed E-state index contributed by atoms with van der Waals surface area (Å²) in [6.07, 6.45) is 7.10. The Hall–Kier alpha value is -0.610. The van der Waals surface area contributed by atoms with Crippen molar-refractivity contribution in [3.8, 4) is 0 Å². The van der Waals surface area contributed by atoms with Crippen LogP contribution in [-0.2, 0) is 4.79 Å². The number of nitrogens with one attached hydrogen (secondary N) is 1. The number of hydrogen-bond donors (Lipinski definition) is 2.